The summed E-state index contributed by atoms with van der Waals surface area (Å²) in [5.41, 5.74) is 11.3. The Morgan fingerprint density at radius 3 is 2.50 bits per heavy atom. The normalized spacial score (nSPS) is 15.9. The second-order valence-electron chi connectivity index (χ2n) is 5.65. The van der Waals surface area contributed by atoms with Crippen LogP contribution in [0.3, 0.4) is 0 Å². The maximum absolute atomic E-state index is 6.03. The van der Waals surface area contributed by atoms with Gasteiger partial charge in [-0.3, -0.25) is 0 Å². The Balaban J connectivity index is 1.89. The zero-order valence-corrected chi connectivity index (χ0v) is 12.0. The average Bonchev–Trinajstić information content (AvgIpc) is 3.31. The number of aryl methyl sites for hydroxylation is 1. The molecule has 1 unspecified atom stereocenters. The Labute approximate surface area is 121 Å². The molecule has 0 aromatic heterocycles. The van der Waals surface area contributed by atoms with Crippen molar-refractivity contribution in [3.05, 3.63) is 65.2 Å². The van der Waals surface area contributed by atoms with Crippen LogP contribution in [0.1, 0.15) is 41.5 Å². The molecule has 3 N–H and O–H groups in total. The van der Waals surface area contributed by atoms with Crippen molar-refractivity contribution in [2.75, 3.05) is 11.9 Å². The molecule has 2 nitrogen and oxygen atoms in total. The van der Waals surface area contributed by atoms with Gasteiger partial charge in [-0.15, -0.1) is 0 Å². The van der Waals surface area contributed by atoms with Gasteiger partial charge < -0.3 is 11.1 Å². The second-order valence-corrected chi connectivity index (χ2v) is 5.65. The van der Waals surface area contributed by atoms with Crippen LogP contribution in [0.25, 0.3) is 0 Å². The number of anilines is 1. The molecule has 2 aromatic rings. The van der Waals surface area contributed by atoms with E-state index in [-0.39, 0.29) is 6.04 Å². The van der Waals surface area contributed by atoms with Gasteiger partial charge in [0.1, 0.15) is 0 Å². The maximum atomic E-state index is 6.03. The lowest BCUT2D eigenvalue weighted by molar-refractivity contribution is 0.775. The minimum absolute atomic E-state index is 0.188. The van der Waals surface area contributed by atoms with Crippen LogP contribution < -0.4 is 11.1 Å². The van der Waals surface area contributed by atoms with Crippen molar-refractivity contribution >= 4 is 5.69 Å². The number of rotatable bonds is 5. The molecule has 2 heteroatoms. The van der Waals surface area contributed by atoms with Crippen molar-refractivity contribution in [3.8, 4) is 0 Å². The van der Waals surface area contributed by atoms with Crippen LogP contribution in [0.4, 0.5) is 5.69 Å². The predicted octanol–water partition coefficient (Wildman–Crippen LogP) is 3.98. The Bertz CT molecular complexity index is 587. The topological polar surface area (TPSA) is 38.0 Å². The molecule has 0 spiro atoms. The number of hydrogen-bond acceptors (Lipinski definition) is 2. The number of para-hydroxylation sites is 1. The van der Waals surface area contributed by atoms with Gasteiger partial charge >= 0.3 is 0 Å². The van der Waals surface area contributed by atoms with E-state index in [2.05, 4.69) is 60.8 Å². The van der Waals surface area contributed by atoms with Crippen LogP contribution in [0.5, 0.6) is 0 Å². The number of nitrogens with one attached hydrogen (secondary N) is 1. The fourth-order valence-electron chi connectivity index (χ4n) is 2.78. The zero-order valence-electron chi connectivity index (χ0n) is 12.0. The average molecular weight is 266 g/mol. The molecule has 0 aliphatic heterocycles. The summed E-state index contributed by atoms with van der Waals surface area (Å²) in [6.45, 7) is 2.74. The summed E-state index contributed by atoms with van der Waals surface area (Å²) in [4.78, 5) is 0. The molecule has 1 aliphatic carbocycles. The van der Waals surface area contributed by atoms with E-state index in [1.807, 2.05) is 0 Å². The lowest BCUT2D eigenvalue weighted by Gasteiger charge is -2.22. The fourth-order valence-corrected chi connectivity index (χ4v) is 2.78. The first kappa shape index (κ1) is 13.2. The molecule has 1 saturated carbocycles. The van der Waals surface area contributed by atoms with E-state index in [0.29, 0.717) is 6.54 Å². The Morgan fingerprint density at radius 1 is 1.10 bits per heavy atom. The van der Waals surface area contributed by atoms with E-state index in [9.17, 15) is 0 Å². The highest BCUT2D eigenvalue weighted by atomic mass is 14.9. The van der Waals surface area contributed by atoms with Crippen LogP contribution >= 0.6 is 0 Å². The molecule has 20 heavy (non-hydrogen) atoms. The summed E-state index contributed by atoms with van der Waals surface area (Å²) in [6.07, 6.45) is 2.64. The first-order valence-corrected chi connectivity index (χ1v) is 7.40. The third-order valence-corrected chi connectivity index (χ3v) is 4.10. The maximum Gasteiger partial charge on any atom is 0.0639 e. The molecule has 0 amide bonds. The summed E-state index contributed by atoms with van der Waals surface area (Å²) in [7, 11) is 0. The quantitative estimate of drug-likeness (QED) is 0.859. The van der Waals surface area contributed by atoms with E-state index in [1.165, 1.54) is 35.2 Å². The highest BCUT2D eigenvalue weighted by Crippen LogP contribution is 2.43. The Hall–Kier alpha value is -1.80. The van der Waals surface area contributed by atoms with Gasteiger partial charge in [0.15, 0.2) is 0 Å². The number of hydrogen-bond donors (Lipinski definition) is 2. The molecule has 0 heterocycles. The zero-order chi connectivity index (χ0) is 13.9. The van der Waals surface area contributed by atoms with Crippen LogP contribution in [-0.2, 0) is 0 Å². The molecule has 2 aromatic carbocycles. The van der Waals surface area contributed by atoms with Gasteiger partial charge in [0, 0.05) is 12.2 Å². The minimum atomic E-state index is 0.188. The molecular formula is C18H22N2. The lowest BCUT2D eigenvalue weighted by atomic mass is 9.96. The second kappa shape index (κ2) is 5.68. The van der Waals surface area contributed by atoms with E-state index in [4.69, 9.17) is 5.73 Å². The van der Waals surface area contributed by atoms with Crippen LogP contribution in [0.2, 0.25) is 0 Å². The Morgan fingerprint density at radius 2 is 1.80 bits per heavy atom. The summed E-state index contributed by atoms with van der Waals surface area (Å²) in [5.74, 6) is 0.749. The lowest BCUT2D eigenvalue weighted by Crippen LogP contribution is -2.22. The molecule has 1 aliphatic rings. The van der Waals surface area contributed by atoms with E-state index >= 15 is 0 Å². The van der Waals surface area contributed by atoms with Gasteiger partial charge in [0.05, 0.1) is 6.04 Å². The van der Waals surface area contributed by atoms with Gasteiger partial charge in [-0.05, 0) is 48.4 Å². The number of benzene rings is 2. The first-order valence-electron chi connectivity index (χ1n) is 7.40. The van der Waals surface area contributed by atoms with E-state index < -0.39 is 0 Å². The monoisotopic (exact) mass is 266 g/mol. The van der Waals surface area contributed by atoms with Crippen molar-refractivity contribution in [1.29, 1.82) is 0 Å². The van der Waals surface area contributed by atoms with Gasteiger partial charge in [0.25, 0.3) is 0 Å². The van der Waals surface area contributed by atoms with E-state index in [1.54, 1.807) is 0 Å². The van der Waals surface area contributed by atoms with E-state index in [0.717, 1.165) is 5.92 Å². The molecule has 104 valence electrons. The molecule has 1 fully saturated rings. The third kappa shape index (κ3) is 2.70. The van der Waals surface area contributed by atoms with Crippen LogP contribution in [-0.4, -0.2) is 6.54 Å². The van der Waals surface area contributed by atoms with Crippen molar-refractivity contribution in [1.82, 2.24) is 0 Å². The molecule has 3 rings (SSSR count). The minimum Gasteiger partial charge on any atom is -0.377 e. The fraction of sp³-hybridized carbons (Fsp3) is 0.333. The van der Waals surface area contributed by atoms with Gasteiger partial charge in [-0.25, -0.2) is 0 Å². The van der Waals surface area contributed by atoms with Crippen LogP contribution in [0, 0.1) is 6.92 Å². The summed E-state index contributed by atoms with van der Waals surface area (Å²) in [5, 5.41) is 3.61. The van der Waals surface area contributed by atoms with Crippen LogP contribution in [0.15, 0.2) is 48.5 Å². The standard InChI is InChI=1S/C18H22N2/c1-13-6-2-5-9-17(13)20-18(12-19)16-8-4-3-7-15(16)14-10-11-14/h2-9,14,18,20H,10-12,19H2,1H3. The largest absolute Gasteiger partial charge is 0.377 e. The van der Waals surface area contributed by atoms with Gasteiger partial charge in [-0.2, -0.15) is 0 Å². The number of nitrogens with two attached hydrogens (primary N) is 1. The Kier molecular flexibility index (Phi) is 3.75. The van der Waals surface area contributed by atoms with Crippen molar-refractivity contribution in [2.24, 2.45) is 5.73 Å². The molecule has 1 atom stereocenters. The van der Waals surface area contributed by atoms with Crippen molar-refractivity contribution in [2.45, 2.75) is 31.7 Å². The smallest absolute Gasteiger partial charge is 0.0639 e. The summed E-state index contributed by atoms with van der Waals surface area (Å²) in [6, 6.07) is 17.3. The van der Waals surface area contributed by atoms with Gasteiger partial charge in [-0.1, -0.05) is 42.5 Å². The third-order valence-electron chi connectivity index (χ3n) is 4.10. The summed E-state index contributed by atoms with van der Waals surface area (Å²) < 4.78 is 0. The SMILES string of the molecule is Cc1ccccc1NC(CN)c1ccccc1C1CC1. The molecule has 0 bridgehead atoms. The molecular weight excluding hydrogens is 244 g/mol. The van der Waals surface area contributed by atoms with Crippen molar-refractivity contribution in [3.63, 3.8) is 0 Å². The summed E-state index contributed by atoms with van der Waals surface area (Å²) >= 11 is 0. The predicted molar refractivity (Wildman–Crippen MR) is 85.0 cm³/mol. The highest BCUT2D eigenvalue weighted by molar-refractivity contribution is 5.53. The first-order chi connectivity index (χ1) is 9.79. The van der Waals surface area contributed by atoms with Crippen molar-refractivity contribution < 1.29 is 0 Å². The highest BCUT2D eigenvalue weighted by Gasteiger charge is 2.27. The molecule has 0 radical (unpaired) electrons. The molecule has 0 saturated heterocycles. The van der Waals surface area contributed by atoms with Gasteiger partial charge in [0.2, 0.25) is 0 Å².